The van der Waals surface area contributed by atoms with Gasteiger partial charge in [-0.05, 0) is 6.07 Å². The lowest BCUT2D eigenvalue weighted by atomic mass is 10.3. The molecule has 2 aromatic heterocycles. The molecular formula is C12H20N4O2S2. The lowest BCUT2D eigenvalue weighted by Crippen LogP contribution is -2.04. The van der Waals surface area contributed by atoms with E-state index in [1.165, 1.54) is 17.5 Å². The first-order chi connectivity index (χ1) is 9.47. The highest BCUT2D eigenvalue weighted by Crippen LogP contribution is 2.21. The molecule has 0 unspecified atom stereocenters. The van der Waals surface area contributed by atoms with Crippen molar-refractivity contribution >= 4 is 26.3 Å². The minimum Gasteiger partial charge on any atom is -0.375 e. The molecule has 0 bridgehead atoms. The van der Waals surface area contributed by atoms with Gasteiger partial charge in [0.15, 0.2) is 5.13 Å². The van der Waals surface area contributed by atoms with Crippen molar-refractivity contribution in [2.24, 2.45) is 0 Å². The Morgan fingerprint density at radius 1 is 1.10 bits per heavy atom. The molecule has 0 fully saturated rings. The molecule has 0 aliphatic carbocycles. The fraction of sp³-hybridized carbons (Fsp3) is 0.417. The lowest BCUT2D eigenvalue weighted by molar-refractivity contribution is 0.593. The SMILES string of the molecule is CC.CC.CS(=O)(=O)c1nccc(-c2csc(N)n2)n1. The summed E-state index contributed by atoms with van der Waals surface area (Å²) in [5.41, 5.74) is 6.48. The van der Waals surface area contributed by atoms with Gasteiger partial charge in [0, 0.05) is 17.8 Å². The van der Waals surface area contributed by atoms with E-state index in [4.69, 9.17) is 5.73 Å². The third kappa shape index (κ3) is 5.22. The number of hydrogen-bond donors (Lipinski definition) is 1. The second-order valence-corrected chi connectivity index (χ2v) is 5.87. The van der Waals surface area contributed by atoms with Crippen LogP contribution in [0, 0.1) is 0 Å². The predicted octanol–water partition coefficient (Wildman–Crippen LogP) is 2.64. The fourth-order valence-electron chi connectivity index (χ4n) is 1.07. The number of nitrogens with two attached hydrogens (primary N) is 1. The highest BCUT2D eigenvalue weighted by atomic mass is 32.2. The highest BCUT2D eigenvalue weighted by Gasteiger charge is 2.13. The van der Waals surface area contributed by atoms with Crippen molar-refractivity contribution in [2.75, 3.05) is 12.0 Å². The van der Waals surface area contributed by atoms with Crippen LogP contribution in [0.15, 0.2) is 22.8 Å². The van der Waals surface area contributed by atoms with E-state index >= 15 is 0 Å². The van der Waals surface area contributed by atoms with Crippen LogP contribution in [0.25, 0.3) is 11.4 Å². The minimum absolute atomic E-state index is 0.212. The molecule has 0 atom stereocenters. The molecule has 0 aromatic carbocycles. The first-order valence-corrected chi connectivity index (χ1v) is 8.98. The summed E-state index contributed by atoms with van der Waals surface area (Å²) in [7, 11) is -3.40. The van der Waals surface area contributed by atoms with E-state index in [1.807, 2.05) is 27.7 Å². The van der Waals surface area contributed by atoms with E-state index in [0.29, 0.717) is 16.5 Å². The Morgan fingerprint density at radius 2 is 1.70 bits per heavy atom. The Hall–Kier alpha value is -1.54. The van der Waals surface area contributed by atoms with Crippen LogP contribution in [0.1, 0.15) is 27.7 Å². The first kappa shape index (κ1) is 18.5. The molecule has 0 radical (unpaired) electrons. The van der Waals surface area contributed by atoms with Gasteiger partial charge in [0.25, 0.3) is 0 Å². The molecule has 0 aliphatic heterocycles. The second kappa shape index (κ2) is 8.60. The summed E-state index contributed by atoms with van der Waals surface area (Å²) in [6.07, 6.45) is 2.44. The van der Waals surface area contributed by atoms with Gasteiger partial charge in [-0.15, -0.1) is 11.3 Å². The van der Waals surface area contributed by atoms with Gasteiger partial charge in [0.2, 0.25) is 15.0 Å². The van der Waals surface area contributed by atoms with E-state index in [1.54, 1.807) is 11.4 Å². The zero-order valence-corrected chi connectivity index (χ0v) is 13.9. The standard InChI is InChI=1S/C8H8N4O2S2.2C2H6/c1-16(13,14)8-10-3-2-5(12-8)6-4-15-7(9)11-6;2*1-2/h2-4H,1H3,(H2,9,11);2*1-2H3. The number of thiazole rings is 1. The molecule has 0 spiro atoms. The van der Waals surface area contributed by atoms with E-state index in [9.17, 15) is 8.42 Å². The smallest absolute Gasteiger partial charge is 0.247 e. The zero-order valence-electron chi connectivity index (χ0n) is 12.3. The predicted molar refractivity (Wildman–Crippen MR) is 83.4 cm³/mol. The number of rotatable bonds is 2. The third-order valence-corrected chi connectivity index (χ3v) is 3.28. The average Bonchev–Trinajstić information content (AvgIpc) is 2.89. The maximum absolute atomic E-state index is 11.3. The van der Waals surface area contributed by atoms with Crippen LogP contribution in [-0.4, -0.2) is 29.6 Å². The fourth-order valence-corrected chi connectivity index (χ4v) is 2.14. The van der Waals surface area contributed by atoms with Gasteiger partial charge in [-0.3, -0.25) is 0 Å². The molecule has 112 valence electrons. The maximum atomic E-state index is 11.3. The Balaban J connectivity index is 0.000000829. The number of aromatic nitrogens is 3. The molecule has 0 amide bonds. The van der Waals surface area contributed by atoms with Crippen LogP contribution in [0.3, 0.4) is 0 Å². The zero-order chi connectivity index (χ0) is 15.8. The molecule has 0 saturated heterocycles. The number of anilines is 1. The first-order valence-electron chi connectivity index (χ1n) is 6.21. The van der Waals surface area contributed by atoms with Gasteiger partial charge < -0.3 is 5.73 Å². The summed E-state index contributed by atoms with van der Waals surface area (Å²) in [5.74, 6) is 0. The van der Waals surface area contributed by atoms with Crippen molar-refractivity contribution in [1.29, 1.82) is 0 Å². The summed E-state index contributed by atoms with van der Waals surface area (Å²) in [6.45, 7) is 8.00. The third-order valence-electron chi connectivity index (χ3n) is 1.75. The minimum atomic E-state index is -3.40. The number of nitrogens with zero attached hydrogens (tertiary/aromatic N) is 3. The van der Waals surface area contributed by atoms with E-state index in [2.05, 4.69) is 15.0 Å². The second-order valence-electron chi connectivity index (χ2n) is 3.07. The van der Waals surface area contributed by atoms with Crippen molar-refractivity contribution in [2.45, 2.75) is 32.9 Å². The van der Waals surface area contributed by atoms with Gasteiger partial charge in [-0.1, -0.05) is 27.7 Å². The summed E-state index contributed by atoms with van der Waals surface area (Å²) in [5, 5.41) is 1.91. The van der Waals surface area contributed by atoms with E-state index in [0.717, 1.165) is 6.26 Å². The van der Waals surface area contributed by atoms with Crippen LogP contribution in [-0.2, 0) is 9.84 Å². The van der Waals surface area contributed by atoms with Crippen LogP contribution in [0.4, 0.5) is 5.13 Å². The molecule has 20 heavy (non-hydrogen) atoms. The summed E-state index contributed by atoms with van der Waals surface area (Å²) in [4.78, 5) is 11.6. The van der Waals surface area contributed by atoms with Crippen LogP contribution >= 0.6 is 11.3 Å². The van der Waals surface area contributed by atoms with Crippen LogP contribution in [0.5, 0.6) is 0 Å². The van der Waals surface area contributed by atoms with Crippen molar-refractivity contribution in [3.8, 4) is 11.4 Å². The molecule has 8 heteroatoms. The quantitative estimate of drug-likeness (QED) is 0.855. The molecular weight excluding hydrogens is 296 g/mol. The molecule has 2 rings (SSSR count). The Kier molecular flexibility index (Phi) is 7.93. The van der Waals surface area contributed by atoms with Crippen molar-refractivity contribution in [3.05, 3.63) is 17.6 Å². The summed E-state index contributed by atoms with van der Waals surface area (Å²) < 4.78 is 22.5. The molecule has 2 aromatic rings. The van der Waals surface area contributed by atoms with Crippen molar-refractivity contribution < 1.29 is 8.42 Å². The number of nitrogen functional groups attached to an aromatic ring is 1. The molecule has 0 saturated carbocycles. The van der Waals surface area contributed by atoms with Crippen LogP contribution in [0.2, 0.25) is 0 Å². The number of hydrogen-bond acceptors (Lipinski definition) is 7. The lowest BCUT2D eigenvalue weighted by Gasteiger charge is -1.98. The Labute approximate surface area is 124 Å². The molecule has 2 heterocycles. The topological polar surface area (TPSA) is 98.8 Å². The van der Waals surface area contributed by atoms with Crippen LogP contribution < -0.4 is 5.73 Å². The Bertz CT molecular complexity index is 624. The van der Waals surface area contributed by atoms with Gasteiger partial charge >= 0.3 is 0 Å². The van der Waals surface area contributed by atoms with Gasteiger partial charge in [-0.2, -0.15) is 0 Å². The number of sulfone groups is 1. The highest BCUT2D eigenvalue weighted by molar-refractivity contribution is 7.90. The van der Waals surface area contributed by atoms with Gasteiger partial charge in [0.1, 0.15) is 5.69 Å². The van der Waals surface area contributed by atoms with Gasteiger partial charge in [-0.25, -0.2) is 23.4 Å². The summed E-state index contributed by atoms with van der Waals surface area (Å²) in [6, 6.07) is 1.59. The molecule has 2 N–H and O–H groups in total. The molecule has 6 nitrogen and oxygen atoms in total. The van der Waals surface area contributed by atoms with Crippen molar-refractivity contribution in [1.82, 2.24) is 15.0 Å². The monoisotopic (exact) mass is 316 g/mol. The molecule has 0 aliphatic rings. The van der Waals surface area contributed by atoms with Gasteiger partial charge in [0.05, 0.1) is 5.69 Å². The van der Waals surface area contributed by atoms with E-state index in [-0.39, 0.29) is 5.16 Å². The largest absolute Gasteiger partial charge is 0.375 e. The van der Waals surface area contributed by atoms with E-state index < -0.39 is 9.84 Å². The normalized spacial score (nSPS) is 9.85. The van der Waals surface area contributed by atoms with Crippen molar-refractivity contribution in [3.63, 3.8) is 0 Å². The maximum Gasteiger partial charge on any atom is 0.247 e. The Morgan fingerprint density at radius 3 is 2.15 bits per heavy atom. The summed E-state index contributed by atoms with van der Waals surface area (Å²) >= 11 is 1.27. The average molecular weight is 316 g/mol.